The molecule has 3 aromatic rings. The van der Waals surface area contributed by atoms with Crippen molar-refractivity contribution in [1.82, 2.24) is 0 Å². The third-order valence-electron chi connectivity index (χ3n) is 6.92. The number of aryl methyl sites for hydroxylation is 6. The normalized spacial score (nSPS) is 13.0. The van der Waals surface area contributed by atoms with Crippen molar-refractivity contribution in [3.63, 3.8) is 0 Å². The van der Waals surface area contributed by atoms with Gasteiger partial charge in [-0.15, -0.1) is 0 Å². The van der Waals surface area contributed by atoms with Crippen LogP contribution in [0.2, 0.25) is 0 Å². The first-order chi connectivity index (χ1) is 18.7. The van der Waals surface area contributed by atoms with Crippen LogP contribution >= 0.6 is 0 Å². The van der Waals surface area contributed by atoms with Crippen molar-refractivity contribution in [3.8, 4) is 17.2 Å². The van der Waals surface area contributed by atoms with Crippen LogP contribution < -0.4 is 14.2 Å². The van der Waals surface area contributed by atoms with E-state index in [4.69, 9.17) is 14.2 Å². The zero-order chi connectivity index (χ0) is 28.3. The predicted octanol–water partition coefficient (Wildman–Crippen LogP) is 5.11. The highest BCUT2D eigenvalue weighted by Gasteiger charge is 2.24. The molecule has 39 heavy (non-hydrogen) atoms. The van der Waals surface area contributed by atoms with Crippen LogP contribution in [0.5, 0.6) is 17.2 Å². The highest BCUT2D eigenvalue weighted by atomic mass is 16.6. The minimum absolute atomic E-state index is 0.122. The zero-order valence-corrected chi connectivity index (χ0v) is 21.7. The largest absolute Gasteiger partial charge is 0.496 e. The fourth-order valence-corrected chi connectivity index (χ4v) is 5.23. The van der Waals surface area contributed by atoms with Gasteiger partial charge in [-0.2, -0.15) is 0 Å². The summed E-state index contributed by atoms with van der Waals surface area (Å²) in [6.45, 7) is 0. The first-order valence-corrected chi connectivity index (χ1v) is 12.2. The number of ether oxygens (including phenoxy) is 3. The Morgan fingerprint density at radius 1 is 0.462 bits per heavy atom. The number of nitro groups is 3. The summed E-state index contributed by atoms with van der Waals surface area (Å²) in [4.78, 5) is 33.8. The van der Waals surface area contributed by atoms with Crippen molar-refractivity contribution in [3.05, 3.63) is 100 Å². The Balaban J connectivity index is 2.00. The molecule has 1 aliphatic rings. The van der Waals surface area contributed by atoms with Crippen molar-refractivity contribution in [2.75, 3.05) is 21.3 Å². The van der Waals surface area contributed by atoms with E-state index >= 15 is 0 Å². The molecule has 0 unspecified atom stereocenters. The predicted molar refractivity (Wildman–Crippen MR) is 141 cm³/mol. The minimum Gasteiger partial charge on any atom is -0.496 e. The molecule has 3 aromatic carbocycles. The Kier molecular flexibility index (Phi) is 7.93. The Hall–Kier alpha value is -4.74. The molecule has 0 fully saturated rings. The third-order valence-corrected chi connectivity index (χ3v) is 6.92. The van der Waals surface area contributed by atoms with Gasteiger partial charge in [0.2, 0.25) is 0 Å². The summed E-state index contributed by atoms with van der Waals surface area (Å²) in [5, 5.41) is 35.3. The SMILES string of the molecule is COc1c2cc([N+](=O)[O-])cc1CCc1cc([N+](=O)[O-])cc(c1OC)CCc1cc([N+](=O)[O-])cc(c1OC)CC2. The maximum atomic E-state index is 11.8. The summed E-state index contributed by atoms with van der Waals surface area (Å²) in [5.74, 6) is 1.39. The lowest BCUT2D eigenvalue weighted by Crippen LogP contribution is -2.05. The van der Waals surface area contributed by atoms with E-state index in [0.29, 0.717) is 89.2 Å². The lowest BCUT2D eigenvalue weighted by atomic mass is 9.95. The van der Waals surface area contributed by atoms with Gasteiger partial charge in [-0.25, -0.2) is 0 Å². The van der Waals surface area contributed by atoms with Gasteiger partial charge in [0.15, 0.2) is 0 Å². The Morgan fingerprint density at radius 2 is 0.641 bits per heavy atom. The molecule has 1 aliphatic carbocycles. The summed E-state index contributed by atoms with van der Waals surface area (Å²) in [6, 6.07) is 8.65. The second kappa shape index (κ2) is 11.3. The molecule has 0 radical (unpaired) electrons. The van der Waals surface area contributed by atoms with E-state index in [1.165, 1.54) is 57.7 Å². The molecular weight excluding hydrogens is 510 g/mol. The van der Waals surface area contributed by atoms with Gasteiger partial charge in [0, 0.05) is 69.8 Å². The highest BCUT2D eigenvalue weighted by molar-refractivity contribution is 5.56. The Morgan fingerprint density at radius 3 is 0.769 bits per heavy atom. The van der Waals surface area contributed by atoms with Gasteiger partial charge in [-0.3, -0.25) is 30.3 Å². The fourth-order valence-electron chi connectivity index (χ4n) is 5.23. The molecule has 0 N–H and O–H groups in total. The van der Waals surface area contributed by atoms with Gasteiger partial charge in [0.05, 0.1) is 36.1 Å². The van der Waals surface area contributed by atoms with Crippen molar-refractivity contribution < 1.29 is 29.0 Å². The average Bonchev–Trinajstić information content (AvgIpc) is 2.91. The quantitative estimate of drug-likeness (QED) is 0.308. The van der Waals surface area contributed by atoms with Crippen molar-refractivity contribution >= 4 is 17.1 Å². The van der Waals surface area contributed by atoms with E-state index in [1.807, 2.05) is 0 Å². The number of nitrogens with zero attached hydrogens (tertiary/aromatic N) is 3. The summed E-state index contributed by atoms with van der Waals surface area (Å²) in [6.07, 6.45) is 1.82. The Labute approximate surface area is 223 Å². The van der Waals surface area contributed by atoms with Crippen LogP contribution in [0.15, 0.2) is 36.4 Å². The summed E-state index contributed by atoms with van der Waals surface area (Å²) in [7, 11) is 4.42. The third kappa shape index (κ3) is 5.59. The lowest BCUT2D eigenvalue weighted by molar-refractivity contribution is -0.385. The molecule has 4 rings (SSSR count). The number of nitro benzene ring substituents is 3. The van der Waals surface area contributed by atoms with Crippen LogP contribution in [0.25, 0.3) is 0 Å². The summed E-state index contributed by atoms with van der Waals surface area (Å²) in [5.41, 5.74) is 3.04. The molecule has 0 amide bonds. The second-order valence-electron chi connectivity index (χ2n) is 9.16. The number of hydrogen-bond acceptors (Lipinski definition) is 9. The average molecular weight is 538 g/mol. The zero-order valence-electron chi connectivity index (χ0n) is 21.7. The topological polar surface area (TPSA) is 157 Å². The van der Waals surface area contributed by atoms with Crippen molar-refractivity contribution in [1.29, 1.82) is 0 Å². The van der Waals surface area contributed by atoms with Crippen LogP contribution in [-0.4, -0.2) is 36.1 Å². The first kappa shape index (κ1) is 27.3. The summed E-state index contributed by atoms with van der Waals surface area (Å²) >= 11 is 0. The molecule has 0 saturated carbocycles. The molecule has 0 aromatic heterocycles. The van der Waals surface area contributed by atoms with Crippen LogP contribution in [0.3, 0.4) is 0 Å². The molecule has 6 bridgehead atoms. The molecule has 0 aliphatic heterocycles. The molecule has 12 heteroatoms. The van der Waals surface area contributed by atoms with Gasteiger partial charge in [0.25, 0.3) is 17.1 Å². The van der Waals surface area contributed by atoms with E-state index < -0.39 is 14.8 Å². The van der Waals surface area contributed by atoms with Crippen LogP contribution in [0, 0.1) is 30.3 Å². The van der Waals surface area contributed by atoms with Gasteiger partial charge in [0.1, 0.15) is 17.2 Å². The van der Waals surface area contributed by atoms with Crippen LogP contribution in [0.4, 0.5) is 17.1 Å². The van der Waals surface area contributed by atoms with E-state index in [1.54, 1.807) is 0 Å². The number of hydrogen-bond donors (Lipinski definition) is 0. The fraction of sp³-hybridized carbons (Fsp3) is 0.333. The molecule has 0 saturated heterocycles. The second-order valence-corrected chi connectivity index (χ2v) is 9.16. The first-order valence-electron chi connectivity index (χ1n) is 12.2. The maximum Gasteiger partial charge on any atom is 0.270 e. The number of benzene rings is 3. The van der Waals surface area contributed by atoms with E-state index in [2.05, 4.69) is 0 Å². The smallest absolute Gasteiger partial charge is 0.270 e. The number of fused-ring (bicyclic) bond motifs is 6. The van der Waals surface area contributed by atoms with Gasteiger partial charge < -0.3 is 14.2 Å². The van der Waals surface area contributed by atoms with E-state index in [0.717, 1.165) is 0 Å². The Bertz CT molecular complexity index is 1220. The van der Waals surface area contributed by atoms with Crippen LogP contribution in [0.1, 0.15) is 33.4 Å². The standard InChI is InChI=1S/C27H27N3O9/c1-37-25-16-4-6-18-12-23(29(33)34)14-20(26(18)38-2)8-9-21-15-24(30(35)36)13-19(27(21)39-3)7-5-17(25)11-22(10-16)28(31)32/h10-15H,4-9H2,1-3H3. The number of non-ortho nitro benzene ring substituents is 3. The van der Waals surface area contributed by atoms with Crippen molar-refractivity contribution in [2.45, 2.75) is 38.5 Å². The minimum atomic E-state index is -0.487. The van der Waals surface area contributed by atoms with Crippen LogP contribution in [-0.2, 0) is 38.5 Å². The maximum absolute atomic E-state index is 11.8. The van der Waals surface area contributed by atoms with Gasteiger partial charge in [-0.1, -0.05) is 0 Å². The van der Waals surface area contributed by atoms with E-state index in [9.17, 15) is 30.3 Å². The molecule has 0 atom stereocenters. The van der Waals surface area contributed by atoms with Gasteiger partial charge >= 0.3 is 0 Å². The number of rotatable bonds is 6. The van der Waals surface area contributed by atoms with Gasteiger partial charge in [-0.05, 0) is 38.5 Å². The lowest BCUT2D eigenvalue weighted by Gasteiger charge is -2.16. The molecule has 204 valence electrons. The molecule has 0 spiro atoms. The monoisotopic (exact) mass is 537 g/mol. The molecule has 0 heterocycles. The molecular formula is C27H27N3O9. The number of methoxy groups -OCH3 is 3. The van der Waals surface area contributed by atoms with Crippen molar-refractivity contribution in [2.24, 2.45) is 0 Å². The molecule has 12 nitrogen and oxygen atoms in total. The summed E-state index contributed by atoms with van der Waals surface area (Å²) < 4.78 is 17.1. The van der Waals surface area contributed by atoms with E-state index in [-0.39, 0.29) is 17.1 Å². The highest BCUT2D eigenvalue weighted by Crippen LogP contribution is 2.38.